The van der Waals surface area contributed by atoms with Crippen molar-refractivity contribution in [2.45, 2.75) is 53.2 Å². The molecule has 1 saturated heterocycles. The van der Waals surface area contributed by atoms with Crippen molar-refractivity contribution in [3.05, 3.63) is 106 Å². The number of hydrogen-bond acceptors (Lipinski definition) is 6. The molecule has 234 valence electrons. The lowest BCUT2D eigenvalue weighted by Crippen LogP contribution is -2.35. The number of aryl methyl sites for hydroxylation is 4. The maximum absolute atomic E-state index is 14.0. The molecule has 2 unspecified atom stereocenters. The minimum atomic E-state index is -0.945. The molecule has 46 heavy (non-hydrogen) atoms. The molecule has 0 saturated carbocycles. The number of aromatic nitrogens is 3. The van der Waals surface area contributed by atoms with Crippen molar-refractivity contribution in [2.75, 3.05) is 10.3 Å². The van der Waals surface area contributed by atoms with Crippen LogP contribution in [-0.2, 0) is 9.59 Å². The van der Waals surface area contributed by atoms with Gasteiger partial charge in [-0.25, -0.2) is 14.7 Å². The Labute approximate surface area is 272 Å². The first-order valence-electron chi connectivity index (χ1n) is 15.0. The van der Waals surface area contributed by atoms with Crippen LogP contribution in [0.15, 0.2) is 83.9 Å². The van der Waals surface area contributed by atoms with Crippen LogP contribution in [0.2, 0.25) is 5.02 Å². The molecule has 1 aliphatic rings. The average Bonchev–Trinajstić information content (AvgIpc) is 3.58. The molecule has 6 rings (SSSR count). The second kappa shape index (κ2) is 12.6. The third-order valence-corrected chi connectivity index (χ3v) is 8.12. The number of anilines is 2. The van der Waals surface area contributed by atoms with E-state index >= 15 is 0 Å². The minimum Gasteiger partial charge on any atom is -0.480 e. The van der Waals surface area contributed by atoms with E-state index in [1.54, 1.807) is 18.2 Å². The van der Waals surface area contributed by atoms with E-state index in [4.69, 9.17) is 21.3 Å². The van der Waals surface area contributed by atoms with E-state index < -0.39 is 12.1 Å². The van der Waals surface area contributed by atoms with Crippen LogP contribution < -0.4 is 20.5 Å². The van der Waals surface area contributed by atoms with E-state index in [9.17, 15) is 9.59 Å². The number of rotatable bonds is 8. The van der Waals surface area contributed by atoms with Gasteiger partial charge >= 0.3 is 0 Å². The predicted octanol–water partition coefficient (Wildman–Crippen LogP) is 6.94. The summed E-state index contributed by atoms with van der Waals surface area (Å²) in [5, 5.41) is 13.6. The number of benzene rings is 4. The highest BCUT2D eigenvalue weighted by molar-refractivity contribution is 6.33. The van der Waals surface area contributed by atoms with Crippen molar-refractivity contribution in [2.24, 2.45) is 4.99 Å². The fraction of sp³-hybridized carbons (Fsp3) is 0.229. The highest BCUT2D eigenvalue weighted by Gasteiger charge is 2.41. The lowest BCUT2D eigenvalue weighted by atomic mass is 10.1. The molecule has 1 aliphatic heterocycles. The minimum absolute atomic E-state index is 0.275. The molecule has 10 nitrogen and oxygen atoms in total. The van der Waals surface area contributed by atoms with Gasteiger partial charge in [-0.2, -0.15) is 0 Å². The van der Waals surface area contributed by atoms with E-state index in [-0.39, 0.29) is 11.8 Å². The second-order valence-electron chi connectivity index (χ2n) is 11.5. The normalized spacial score (nSPS) is 16.1. The van der Waals surface area contributed by atoms with Crippen LogP contribution in [0.4, 0.5) is 17.1 Å². The van der Waals surface area contributed by atoms with Gasteiger partial charge in [-0.15, -0.1) is 5.10 Å². The molecule has 0 radical (unpaired) electrons. The molecular weight excluding hydrogens is 602 g/mol. The molecule has 5 aromatic rings. The Morgan fingerprint density at radius 1 is 0.978 bits per heavy atom. The van der Waals surface area contributed by atoms with E-state index in [1.807, 2.05) is 95.3 Å². The number of fused-ring (bicyclic) bond motifs is 1. The fourth-order valence-corrected chi connectivity index (χ4v) is 5.61. The Morgan fingerprint density at radius 3 is 2.41 bits per heavy atom. The molecule has 11 heteroatoms. The lowest BCUT2D eigenvalue weighted by Gasteiger charge is -2.19. The van der Waals surface area contributed by atoms with Crippen molar-refractivity contribution >= 4 is 57.3 Å². The summed E-state index contributed by atoms with van der Waals surface area (Å²) in [7, 11) is 0. The van der Waals surface area contributed by atoms with E-state index in [0.717, 1.165) is 22.3 Å². The SMILES string of the molecule is CCC(Oc1ccc(C)cc1C)C(=O)Nc1ccc2c(c1)nnn2C1C(=O)N(c2ccc(C)cc2)NC1=Nc1ccc(C)cc1Cl. The summed E-state index contributed by atoms with van der Waals surface area (Å²) in [5.74, 6) is 0.451. The zero-order chi connectivity index (χ0) is 32.5. The van der Waals surface area contributed by atoms with E-state index in [1.165, 1.54) is 9.69 Å². The number of halogens is 1. The van der Waals surface area contributed by atoms with Crippen molar-refractivity contribution < 1.29 is 14.3 Å². The Kier molecular flexibility index (Phi) is 8.46. The Bertz CT molecular complexity index is 1990. The second-order valence-corrected chi connectivity index (χ2v) is 11.9. The summed E-state index contributed by atoms with van der Waals surface area (Å²) in [6.45, 7) is 9.80. The van der Waals surface area contributed by atoms with Crippen LogP contribution >= 0.6 is 11.6 Å². The standard InChI is InChI=1S/C35H34ClN7O3/c1-6-30(46-31-16-10-21(3)17-23(31)5)34(44)37-24-11-15-29-28(19-24)39-41-43(29)32-33(38-27-14-9-22(4)18-26(27)36)40-42(35(32)45)25-12-7-20(2)8-13-25/h7-19,30,32H,6H2,1-5H3,(H,37,44)(H,38,40). The number of ether oxygens (including phenoxy) is 1. The third kappa shape index (κ3) is 6.16. The largest absolute Gasteiger partial charge is 0.480 e. The van der Waals surface area contributed by atoms with Gasteiger partial charge in [0.05, 0.1) is 21.9 Å². The molecule has 1 fully saturated rings. The molecule has 0 bridgehead atoms. The van der Waals surface area contributed by atoms with Gasteiger partial charge in [-0.05, 0) is 93.8 Å². The number of hydrazine groups is 1. The van der Waals surface area contributed by atoms with Crippen LogP contribution in [0, 0.1) is 27.7 Å². The first-order chi connectivity index (χ1) is 22.1. The van der Waals surface area contributed by atoms with E-state index in [2.05, 4.69) is 21.1 Å². The summed E-state index contributed by atoms with van der Waals surface area (Å²) < 4.78 is 7.60. The van der Waals surface area contributed by atoms with Crippen LogP contribution in [0.5, 0.6) is 5.75 Å². The van der Waals surface area contributed by atoms with Gasteiger partial charge in [0.2, 0.25) is 0 Å². The monoisotopic (exact) mass is 635 g/mol. The summed E-state index contributed by atoms with van der Waals surface area (Å²) in [4.78, 5) is 32.0. The summed E-state index contributed by atoms with van der Waals surface area (Å²) >= 11 is 6.52. The van der Waals surface area contributed by atoms with Gasteiger partial charge in [-0.3, -0.25) is 15.0 Å². The number of nitrogens with zero attached hydrogens (tertiary/aromatic N) is 5. The number of amides is 2. The number of amidine groups is 1. The van der Waals surface area contributed by atoms with Gasteiger partial charge in [-0.1, -0.05) is 65.2 Å². The maximum atomic E-state index is 14.0. The smallest absolute Gasteiger partial charge is 0.278 e. The molecule has 1 aromatic heterocycles. The predicted molar refractivity (Wildman–Crippen MR) is 181 cm³/mol. The van der Waals surface area contributed by atoms with Crippen molar-refractivity contribution in [3.8, 4) is 5.75 Å². The molecule has 4 aromatic carbocycles. The first-order valence-corrected chi connectivity index (χ1v) is 15.4. The molecule has 0 aliphatic carbocycles. The van der Waals surface area contributed by atoms with Crippen LogP contribution in [-0.4, -0.2) is 38.7 Å². The summed E-state index contributed by atoms with van der Waals surface area (Å²) in [5.41, 5.74) is 10.1. The zero-order valence-corrected chi connectivity index (χ0v) is 27.0. The molecule has 2 N–H and O–H groups in total. The van der Waals surface area contributed by atoms with Gasteiger partial charge in [0.25, 0.3) is 11.8 Å². The molecule has 2 atom stereocenters. The number of nitrogens with one attached hydrogen (secondary N) is 2. The quantitative estimate of drug-likeness (QED) is 0.191. The number of carbonyl (C=O) groups excluding carboxylic acids is 2. The van der Waals surface area contributed by atoms with Crippen LogP contribution in [0.1, 0.15) is 41.6 Å². The lowest BCUT2D eigenvalue weighted by molar-refractivity contribution is -0.123. The van der Waals surface area contributed by atoms with Gasteiger partial charge in [0, 0.05) is 5.69 Å². The van der Waals surface area contributed by atoms with Gasteiger partial charge < -0.3 is 10.1 Å². The average molecular weight is 636 g/mol. The van der Waals surface area contributed by atoms with Crippen LogP contribution in [0.25, 0.3) is 11.0 Å². The van der Waals surface area contributed by atoms with Gasteiger partial charge in [0.1, 0.15) is 11.3 Å². The number of hydrogen-bond donors (Lipinski definition) is 2. The van der Waals surface area contributed by atoms with Gasteiger partial charge in [0.15, 0.2) is 18.0 Å². The topological polar surface area (TPSA) is 114 Å². The summed E-state index contributed by atoms with van der Waals surface area (Å²) in [6.07, 6.45) is -0.200. The molecule has 2 amide bonds. The zero-order valence-electron chi connectivity index (χ0n) is 26.2. The van der Waals surface area contributed by atoms with Crippen LogP contribution in [0.3, 0.4) is 0 Å². The van der Waals surface area contributed by atoms with E-state index in [0.29, 0.717) is 51.1 Å². The Balaban J connectivity index is 1.30. The fourth-order valence-electron chi connectivity index (χ4n) is 5.33. The first kappa shape index (κ1) is 30.8. The van der Waals surface area contributed by atoms with Crippen molar-refractivity contribution in [1.29, 1.82) is 0 Å². The third-order valence-electron chi connectivity index (χ3n) is 7.82. The van der Waals surface area contributed by atoms with Crippen molar-refractivity contribution in [3.63, 3.8) is 0 Å². The Hall–Kier alpha value is -5.22. The number of aliphatic imine (C=N–C) groups is 1. The highest BCUT2D eigenvalue weighted by Crippen LogP contribution is 2.32. The molecule has 0 spiro atoms. The van der Waals surface area contributed by atoms with Crippen molar-refractivity contribution in [1.82, 2.24) is 20.4 Å². The Morgan fingerprint density at radius 2 is 1.70 bits per heavy atom. The molecular formula is C35H34ClN7O3. The molecule has 2 heterocycles. The highest BCUT2D eigenvalue weighted by atomic mass is 35.5. The number of carbonyl (C=O) groups is 2. The maximum Gasteiger partial charge on any atom is 0.278 e. The summed E-state index contributed by atoms with van der Waals surface area (Å²) in [6, 6.07) is 23.3.